The molecule has 0 fully saturated rings. The molecule has 1 aliphatic rings. The van der Waals surface area contributed by atoms with Gasteiger partial charge >= 0.3 is 12.2 Å². The Bertz CT molecular complexity index is 487. The lowest BCUT2D eigenvalue weighted by atomic mass is 10.1. The topological polar surface area (TPSA) is 78.9 Å². The summed E-state index contributed by atoms with van der Waals surface area (Å²) in [6.07, 6.45) is -0.900. The van der Waals surface area contributed by atoms with Gasteiger partial charge in [0.2, 0.25) is 0 Å². The van der Waals surface area contributed by atoms with Gasteiger partial charge in [-0.1, -0.05) is 6.07 Å². The molecule has 6 nitrogen and oxygen atoms in total. The van der Waals surface area contributed by atoms with Gasteiger partial charge in [-0.25, -0.2) is 9.59 Å². The fourth-order valence-corrected chi connectivity index (χ4v) is 1.95. The maximum Gasteiger partial charge on any atom is 0.414 e. The lowest BCUT2D eigenvalue weighted by molar-refractivity contribution is 0.157. The van der Waals surface area contributed by atoms with Crippen molar-refractivity contribution in [1.29, 1.82) is 0 Å². The van der Waals surface area contributed by atoms with Gasteiger partial charge in [-0.2, -0.15) is 0 Å². The van der Waals surface area contributed by atoms with Gasteiger partial charge < -0.3 is 9.84 Å². The Morgan fingerprint density at radius 1 is 1.56 bits per heavy atom. The minimum Gasteiger partial charge on any atom is -0.465 e. The summed E-state index contributed by atoms with van der Waals surface area (Å²) in [6, 6.07) is 5.14. The van der Waals surface area contributed by atoms with Crippen molar-refractivity contribution in [2.45, 2.75) is 13.3 Å². The molecule has 0 spiro atoms. The van der Waals surface area contributed by atoms with Gasteiger partial charge in [0, 0.05) is 18.7 Å². The molecule has 6 heteroatoms. The standard InChI is InChI=1S/C12H14N2O4/c1-2-14-10-7-9(13-11(15)16)4-3-8(10)5-6-18-12(14)17/h3-4,7,13H,2,5-6H2,1H3,(H,15,16). The van der Waals surface area contributed by atoms with Gasteiger partial charge in [-0.3, -0.25) is 10.2 Å². The summed E-state index contributed by atoms with van der Waals surface area (Å²) in [5, 5.41) is 11.0. The van der Waals surface area contributed by atoms with Crippen LogP contribution in [0.15, 0.2) is 18.2 Å². The van der Waals surface area contributed by atoms with Crippen molar-refractivity contribution in [3.8, 4) is 0 Å². The van der Waals surface area contributed by atoms with Crippen LogP contribution in [-0.4, -0.2) is 30.4 Å². The van der Waals surface area contributed by atoms with Gasteiger partial charge in [0.25, 0.3) is 0 Å². The third-order valence-electron chi connectivity index (χ3n) is 2.76. The fourth-order valence-electron chi connectivity index (χ4n) is 1.95. The molecule has 96 valence electrons. The van der Waals surface area contributed by atoms with E-state index in [1.54, 1.807) is 12.1 Å². The lowest BCUT2D eigenvalue weighted by Gasteiger charge is -2.20. The van der Waals surface area contributed by atoms with E-state index < -0.39 is 12.2 Å². The quantitative estimate of drug-likeness (QED) is 0.844. The predicted molar refractivity (Wildman–Crippen MR) is 66.2 cm³/mol. The molecule has 0 saturated carbocycles. The van der Waals surface area contributed by atoms with Gasteiger partial charge in [-0.15, -0.1) is 0 Å². The second-order valence-electron chi connectivity index (χ2n) is 3.88. The van der Waals surface area contributed by atoms with Crippen LogP contribution in [0.1, 0.15) is 12.5 Å². The van der Waals surface area contributed by atoms with Gasteiger partial charge in [-0.05, 0) is 24.6 Å². The number of carbonyl (C=O) groups excluding carboxylic acids is 1. The molecule has 2 amide bonds. The molecule has 0 aliphatic carbocycles. The summed E-state index contributed by atoms with van der Waals surface area (Å²) >= 11 is 0. The number of carbonyl (C=O) groups is 2. The van der Waals surface area contributed by atoms with Crippen LogP contribution in [0, 0.1) is 0 Å². The highest BCUT2D eigenvalue weighted by atomic mass is 16.6. The zero-order chi connectivity index (χ0) is 13.1. The minimum atomic E-state index is -1.13. The molecular formula is C12H14N2O4. The number of ether oxygens (including phenoxy) is 1. The number of anilines is 2. The largest absolute Gasteiger partial charge is 0.465 e. The van der Waals surface area contributed by atoms with E-state index >= 15 is 0 Å². The second-order valence-corrected chi connectivity index (χ2v) is 3.88. The average molecular weight is 250 g/mol. The van der Waals surface area contributed by atoms with Crippen LogP contribution < -0.4 is 10.2 Å². The summed E-state index contributed by atoms with van der Waals surface area (Å²) in [6.45, 7) is 2.66. The van der Waals surface area contributed by atoms with Crippen molar-refractivity contribution >= 4 is 23.6 Å². The van der Waals surface area contributed by atoms with E-state index in [0.717, 1.165) is 5.56 Å². The molecule has 1 heterocycles. The maximum absolute atomic E-state index is 11.7. The number of cyclic esters (lactones) is 1. The van der Waals surface area contributed by atoms with E-state index in [4.69, 9.17) is 9.84 Å². The molecule has 0 saturated heterocycles. The summed E-state index contributed by atoms with van der Waals surface area (Å²) < 4.78 is 5.06. The van der Waals surface area contributed by atoms with Crippen molar-refractivity contribution < 1.29 is 19.4 Å². The number of nitrogens with one attached hydrogen (secondary N) is 1. The summed E-state index contributed by atoms with van der Waals surface area (Å²) in [5.41, 5.74) is 2.11. The molecule has 0 bridgehead atoms. The second kappa shape index (κ2) is 4.95. The van der Waals surface area contributed by atoms with Crippen LogP contribution in [-0.2, 0) is 11.2 Å². The van der Waals surface area contributed by atoms with Gasteiger partial charge in [0.05, 0.1) is 12.3 Å². The maximum atomic E-state index is 11.7. The monoisotopic (exact) mass is 250 g/mol. The van der Waals surface area contributed by atoms with E-state index in [-0.39, 0.29) is 0 Å². The van der Waals surface area contributed by atoms with E-state index in [2.05, 4.69) is 5.32 Å². The molecule has 0 unspecified atom stereocenters. The summed E-state index contributed by atoms with van der Waals surface area (Å²) in [4.78, 5) is 23.8. The van der Waals surface area contributed by atoms with Crippen molar-refractivity contribution in [2.75, 3.05) is 23.4 Å². The molecule has 1 aromatic carbocycles. The third-order valence-corrected chi connectivity index (χ3v) is 2.76. The van der Waals surface area contributed by atoms with Gasteiger partial charge in [0.15, 0.2) is 0 Å². The van der Waals surface area contributed by atoms with Crippen molar-refractivity contribution in [3.63, 3.8) is 0 Å². The van der Waals surface area contributed by atoms with Crippen LogP contribution in [0.5, 0.6) is 0 Å². The highest BCUT2D eigenvalue weighted by Crippen LogP contribution is 2.28. The molecular weight excluding hydrogens is 236 g/mol. The number of hydrogen-bond acceptors (Lipinski definition) is 3. The van der Waals surface area contributed by atoms with Crippen molar-refractivity contribution in [2.24, 2.45) is 0 Å². The normalized spacial score (nSPS) is 14.5. The molecule has 0 atom stereocenters. The Labute approximate surface area is 104 Å². The predicted octanol–water partition coefficient (Wildman–Crippen LogP) is 2.30. The van der Waals surface area contributed by atoms with Crippen molar-refractivity contribution in [3.05, 3.63) is 23.8 Å². The molecule has 1 aromatic rings. The van der Waals surface area contributed by atoms with Crippen LogP contribution in [0.4, 0.5) is 21.0 Å². The Morgan fingerprint density at radius 2 is 2.33 bits per heavy atom. The lowest BCUT2D eigenvalue weighted by Crippen LogP contribution is -2.30. The Hall–Kier alpha value is -2.24. The number of rotatable bonds is 2. The van der Waals surface area contributed by atoms with Crippen LogP contribution in [0.25, 0.3) is 0 Å². The molecule has 2 rings (SSSR count). The third kappa shape index (κ3) is 2.37. The summed E-state index contributed by atoms with van der Waals surface area (Å²) in [5.74, 6) is 0. The van der Waals surface area contributed by atoms with Gasteiger partial charge in [0.1, 0.15) is 0 Å². The molecule has 0 radical (unpaired) electrons. The number of fused-ring (bicyclic) bond motifs is 1. The number of amides is 2. The SMILES string of the molecule is CCN1C(=O)OCCc2ccc(NC(=O)O)cc21. The van der Waals surface area contributed by atoms with E-state index in [1.807, 2.05) is 13.0 Å². The number of hydrogen-bond donors (Lipinski definition) is 2. The average Bonchev–Trinajstić information content (AvgIpc) is 2.46. The number of carboxylic acid groups (broad SMARTS) is 1. The number of benzene rings is 1. The fraction of sp³-hybridized carbons (Fsp3) is 0.333. The first kappa shape index (κ1) is 12.2. The van der Waals surface area contributed by atoms with Crippen molar-refractivity contribution in [1.82, 2.24) is 0 Å². The van der Waals surface area contributed by atoms with E-state index in [1.165, 1.54) is 4.90 Å². The van der Waals surface area contributed by atoms with E-state index in [0.29, 0.717) is 30.9 Å². The zero-order valence-electron chi connectivity index (χ0n) is 9.97. The minimum absolute atomic E-state index is 0.341. The Kier molecular flexibility index (Phi) is 3.36. The summed E-state index contributed by atoms with van der Waals surface area (Å²) in [7, 11) is 0. The molecule has 18 heavy (non-hydrogen) atoms. The Balaban J connectivity index is 2.40. The van der Waals surface area contributed by atoms with Crippen LogP contribution in [0.2, 0.25) is 0 Å². The molecule has 2 N–H and O–H groups in total. The smallest absolute Gasteiger partial charge is 0.414 e. The Morgan fingerprint density at radius 3 is 3.00 bits per heavy atom. The first-order valence-electron chi connectivity index (χ1n) is 5.69. The van der Waals surface area contributed by atoms with E-state index in [9.17, 15) is 9.59 Å². The highest BCUT2D eigenvalue weighted by Gasteiger charge is 2.22. The highest BCUT2D eigenvalue weighted by molar-refractivity contribution is 5.91. The van der Waals surface area contributed by atoms with Crippen LogP contribution >= 0.6 is 0 Å². The first-order valence-corrected chi connectivity index (χ1v) is 5.69. The number of nitrogens with zero attached hydrogens (tertiary/aromatic N) is 1. The molecule has 0 aromatic heterocycles. The van der Waals surface area contributed by atoms with Crippen LogP contribution in [0.3, 0.4) is 0 Å². The first-order chi connectivity index (χ1) is 8.61. The zero-order valence-corrected chi connectivity index (χ0v) is 9.97. The molecule has 1 aliphatic heterocycles.